The van der Waals surface area contributed by atoms with E-state index in [1.807, 2.05) is 0 Å². The third-order valence-corrected chi connectivity index (χ3v) is 6.34. The fraction of sp³-hybridized carbons (Fsp3) is 0.300. The molecule has 0 amide bonds. The number of hydrogen-bond donors (Lipinski definition) is 0. The fourth-order valence-corrected chi connectivity index (χ4v) is 4.51. The zero-order valence-corrected chi connectivity index (χ0v) is 18.3. The van der Waals surface area contributed by atoms with E-state index in [1.54, 1.807) is 13.8 Å². The number of sulfonamides is 1. The number of nitro groups is 1. The molecule has 0 radical (unpaired) electrons. The van der Waals surface area contributed by atoms with E-state index in [2.05, 4.69) is 4.74 Å². The Morgan fingerprint density at radius 3 is 2.32 bits per heavy atom. The molecule has 11 heteroatoms. The number of nitro benzene ring substituents is 1. The largest absolute Gasteiger partial charge is 0.468 e. The first-order valence-electron chi connectivity index (χ1n) is 9.15. The molecule has 0 aliphatic rings. The lowest BCUT2D eigenvalue weighted by Gasteiger charge is -2.26. The highest BCUT2D eigenvalue weighted by atomic mass is 32.2. The summed E-state index contributed by atoms with van der Waals surface area (Å²) in [5.74, 6) is -1.52. The second-order valence-electron chi connectivity index (χ2n) is 6.52. The molecule has 0 saturated carbocycles. The summed E-state index contributed by atoms with van der Waals surface area (Å²) in [6.07, 6.45) is 0. The van der Waals surface area contributed by atoms with Crippen molar-refractivity contribution in [3.8, 4) is 0 Å². The van der Waals surface area contributed by atoms with Crippen LogP contribution >= 0.6 is 0 Å². The fourth-order valence-electron chi connectivity index (χ4n) is 2.80. The van der Waals surface area contributed by atoms with E-state index < -0.39 is 39.1 Å². The quantitative estimate of drug-likeness (QED) is 0.340. The van der Waals surface area contributed by atoms with Crippen LogP contribution in [0.3, 0.4) is 0 Å². The minimum atomic E-state index is -4.45. The van der Waals surface area contributed by atoms with Gasteiger partial charge >= 0.3 is 11.9 Å². The first kappa shape index (κ1) is 23.8. The summed E-state index contributed by atoms with van der Waals surface area (Å²) in [6.45, 7) is 4.14. The Kier molecular flexibility index (Phi) is 7.34. The molecular formula is C20H22N2O8S. The predicted octanol–water partition coefficient (Wildman–Crippen LogP) is 2.76. The molecule has 0 heterocycles. The van der Waals surface area contributed by atoms with Crippen LogP contribution in [0.5, 0.6) is 0 Å². The van der Waals surface area contributed by atoms with E-state index >= 15 is 0 Å². The Bertz CT molecular complexity index is 1130. The highest BCUT2D eigenvalue weighted by Crippen LogP contribution is 2.31. The van der Waals surface area contributed by atoms with Crippen LogP contribution in [0.25, 0.3) is 0 Å². The number of non-ortho nitro benzene ring substituents is 1. The summed E-state index contributed by atoms with van der Waals surface area (Å²) < 4.78 is 37.4. The van der Waals surface area contributed by atoms with Crippen molar-refractivity contribution in [3.05, 3.63) is 63.2 Å². The molecule has 0 aliphatic carbocycles. The number of aryl methyl sites for hydroxylation is 2. The molecule has 0 atom stereocenters. The van der Waals surface area contributed by atoms with Crippen LogP contribution in [0, 0.1) is 24.0 Å². The molecule has 0 aromatic heterocycles. The zero-order chi connectivity index (χ0) is 23.3. The summed E-state index contributed by atoms with van der Waals surface area (Å²) in [5.41, 5.74) is 0.410. The smallest absolute Gasteiger partial charge is 0.338 e. The lowest BCUT2D eigenvalue weighted by Crippen LogP contribution is -2.37. The summed E-state index contributed by atoms with van der Waals surface area (Å²) in [6, 6.07) is 7.70. The topological polar surface area (TPSA) is 133 Å². The summed E-state index contributed by atoms with van der Waals surface area (Å²) in [7, 11) is -3.34. The SMILES string of the molecule is CCOC(=O)c1ccc(C)c(N(CC(=O)OC)S(=O)(=O)c2cc([N+](=O)[O-])ccc2C)c1. The number of nitrogens with zero attached hydrogens (tertiary/aromatic N) is 2. The lowest BCUT2D eigenvalue weighted by molar-refractivity contribution is -0.385. The van der Waals surface area contributed by atoms with Crippen molar-refractivity contribution in [1.29, 1.82) is 0 Å². The Morgan fingerprint density at radius 2 is 1.74 bits per heavy atom. The van der Waals surface area contributed by atoms with Crippen molar-refractivity contribution in [2.24, 2.45) is 0 Å². The van der Waals surface area contributed by atoms with E-state index in [1.165, 1.54) is 37.3 Å². The molecule has 0 bridgehead atoms. The number of ether oxygens (including phenoxy) is 2. The van der Waals surface area contributed by atoms with E-state index in [9.17, 15) is 28.1 Å². The predicted molar refractivity (Wildman–Crippen MR) is 112 cm³/mol. The second kappa shape index (κ2) is 9.56. The molecule has 2 rings (SSSR count). The molecule has 2 aromatic carbocycles. The number of anilines is 1. The average Bonchev–Trinajstić information content (AvgIpc) is 2.72. The zero-order valence-electron chi connectivity index (χ0n) is 17.4. The maximum absolute atomic E-state index is 13.5. The van der Waals surface area contributed by atoms with Gasteiger partial charge in [-0.1, -0.05) is 12.1 Å². The van der Waals surface area contributed by atoms with E-state index in [0.29, 0.717) is 5.56 Å². The maximum Gasteiger partial charge on any atom is 0.338 e. The molecular weight excluding hydrogens is 428 g/mol. The molecule has 0 N–H and O–H groups in total. The van der Waals surface area contributed by atoms with Crippen LogP contribution < -0.4 is 4.31 Å². The number of hydrogen-bond acceptors (Lipinski definition) is 8. The average molecular weight is 450 g/mol. The minimum absolute atomic E-state index is 0.0434. The molecule has 0 saturated heterocycles. The maximum atomic E-state index is 13.5. The van der Waals surface area contributed by atoms with Gasteiger partial charge in [0.25, 0.3) is 15.7 Å². The highest BCUT2D eigenvalue weighted by Gasteiger charge is 2.32. The van der Waals surface area contributed by atoms with Crippen LogP contribution in [-0.4, -0.2) is 45.5 Å². The van der Waals surface area contributed by atoms with Crippen LogP contribution in [0.4, 0.5) is 11.4 Å². The summed E-state index contributed by atoms with van der Waals surface area (Å²) in [5, 5.41) is 11.2. The summed E-state index contributed by atoms with van der Waals surface area (Å²) in [4.78, 5) is 34.3. The van der Waals surface area contributed by atoms with Gasteiger partial charge in [0.05, 0.1) is 34.8 Å². The van der Waals surface area contributed by atoms with Gasteiger partial charge in [0, 0.05) is 12.1 Å². The molecule has 166 valence electrons. The van der Waals surface area contributed by atoms with Gasteiger partial charge in [0.2, 0.25) is 0 Å². The monoisotopic (exact) mass is 450 g/mol. The van der Waals surface area contributed by atoms with Crippen LogP contribution in [0.1, 0.15) is 28.4 Å². The number of carbonyl (C=O) groups is 2. The van der Waals surface area contributed by atoms with E-state index in [-0.39, 0.29) is 28.3 Å². The molecule has 0 spiro atoms. The molecule has 0 fully saturated rings. The summed E-state index contributed by atoms with van der Waals surface area (Å²) >= 11 is 0. The number of esters is 2. The van der Waals surface area contributed by atoms with Gasteiger partial charge in [-0.05, 0) is 44.0 Å². The van der Waals surface area contributed by atoms with Crippen molar-refractivity contribution in [3.63, 3.8) is 0 Å². The van der Waals surface area contributed by atoms with Crippen LogP contribution in [0.2, 0.25) is 0 Å². The van der Waals surface area contributed by atoms with Gasteiger partial charge in [-0.25, -0.2) is 13.2 Å². The number of methoxy groups -OCH3 is 1. The third-order valence-electron chi connectivity index (χ3n) is 4.44. The van der Waals surface area contributed by atoms with Crippen molar-refractivity contribution < 1.29 is 32.4 Å². The van der Waals surface area contributed by atoms with Gasteiger partial charge < -0.3 is 9.47 Å². The number of benzene rings is 2. The molecule has 2 aromatic rings. The standard InChI is InChI=1S/C20H22N2O8S/c1-5-30-20(24)15-8-6-13(2)17(10-15)21(12-19(23)29-4)31(27,28)18-11-16(22(25)26)9-7-14(18)3/h6-11H,5,12H2,1-4H3. The first-order valence-corrected chi connectivity index (χ1v) is 10.6. The lowest BCUT2D eigenvalue weighted by atomic mass is 10.1. The minimum Gasteiger partial charge on any atom is -0.468 e. The first-order chi connectivity index (χ1) is 14.5. The van der Waals surface area contributed by atoms with Gasteiger partial charge in [-0.2, -0.15) is 0 Å². The van der Waals surface area contributed by atoms with Crippen LogP contribution in [-0.2, 0) is 24.3 Å². The van der Waals surface area contributed by atoms with Gasteiger partial charge in [-0.15, -0.1) is 0 Å². The van der Waals surface area contributed by atoms with Crippen LogP contribution in [0.15, 0.2) is 41.3 Å². The van der Waals surface area contributed by atoms with Crippen molar-refractivity contribution in [2.45, 2.75) is 25.7 Å². The second-order valence-corrected chi connectivity index (χ2v) is 8.35. The third kappa shape index (κ3) is 5.18. The van der Waals surface area contributed by atoms with E-state index in [4.69, 9.17) is 4.74 Å². The van der Waals surface area contributed by atoms with Gasteiger partial charge in [0.1, 0.15) is 6.54 Å². The van der Waals surface area contributed by atoms with Crippen molar-refractivity contribution in [2.75, 3.05) is 24.6 Å². The normalized spacial score (nSPS) is 11.0. The van der Waals surface area contributed by atoms with Crippen molar-refractivity contribution >= 4 is 33.3 Å². The number of carbonyl (C=O) groups excluding carboxylic acids is 2. The molecule has 10 nitrogen and oxygen atoms in total. The Labute approximate surface area is 179 Å². The Hall–Kier alpha value is -3.47. The molecule has 0 unspecified atom stereocenters. The number of rotatable bonds is 8. The Morgan fingerprint density at radius 1 is 1.10 bits per heavy atom. The Balaban J connectivity index is 2.72. The molecule has 0 aliphatic heterocycles. The van der Waals surface area contributed by atoms with Crippen molar-refractivity contribution in [1.82, 2.24) is 0 Å². The molecule has 31 heavy (non-hydrogen) atoms. The van der Waals surface area contributed by atoms with E-state index in [0.717, 1.165) is 17.5 Å². The highest BCUT2D eigenvalue weighted by molar-refractivity contribution is 7.93. The van der Waals surface area contributed by atoms with Gasteiger partial charge in [-0.3, -0.25) is 19.2 Å². The van der Waals surface area contributed by atoms with Gasteiger partial charge in [0.15, 0.2) is 0 Å².